The minimum atomic E-state index is -0.627. The Hall–Kier alpha value is -2.40. The second-order valence-corrected chi connectivity index (χ2v) is 4.54. The fourth-order valence-electron chi connectivity index (χ4n) is 1.88. The summed E-state index contributed by atoms with van der Waals surface area (Å²) in [5, 5.41) is 7.43. The van der Waals surface area contributed by atoms with Gasteiger partial charge in [0.2, 0.25) is 11.8 Å². The van der Waals surface area contributed by atoms with Gasteiger partial charge in [-0.2, -0.15) is 0 Å². The number of fused-ring (bicyclic) bond motifs is 1. The lowest BCUT2D eigenvalue weighted by molar-refractivity contribution is -0.125. The number of carbonyl (C=O) groups excluding carboxylic acids is 2. The van der Waals surface area contributed by atoms with Crippen molar-refractivity contribution in [2.24, 2.45) is 5.73 Å². The van der Waals surface area contributed by atoms with Gasteiger partial charge in [-0.25, -0.2) is 0 Å². The summed E-state index contributed by atoms with van der Waals surface area (Å²) in [6.07, 6.45) is 0. The van der Waals surface area contributed by atoms with E-state index in [0.29, 0.717) is 5.69 Å². The van der Waals surface area contributed by atoms with Crippen LogP contribution in [0, 0.1) is 0 Å². The van der Waals surface area contributed by atoms with Crippen LogP contribution in [0.5, 0.6) is 0 Å². The van der Waals surface area contributed by atoms with Crippen molar-refractivity contribution < 1.29 is 9.59 Å². The molecule has 0 fully saturated rings. The van der Waals surface area contributed by atoms with Gasteiger partial charge in [-0.05, 0) is 29.8 Å². The minimum absolute atomic E-state index is 0.131. The molecular formula is C15H17N3O2. The van der Waals surface area contributed by atoms with Crippen molar-refractivity contribution in [3.05, 3.63) is 42.5 Å². The lowest BCUT2D eigenvalue weighted by atomic mass is 10.1. The van der Waals surface area contributed by atoms with E-state index in [-0.39, 0.29) is 18.4 Å². The third kappa shape index (κ3) is 3.33. The van der Waals surface area contributed by atoms with Gasteiger partial charge in [0.15, 0.2) is 0 Å². The van der Waals surface area contributed by atoms with Crippen LogP contribution in [0.15, 0.2) is 42.5 Å². The first-order valence-electron chi connectivity index (χ1n) is 6.39. The summed E-state index contributed by atoms with van der Waals surface area (Å²) in [6.45, 7) is 1.48. The van der Waals surface area contributed by atoms with Crippen molar-refractivity contribution in [1.82, 2.24) is 5.32 Å². The first-order chi connectivity index (χ1) is 9.60. The third-order valence-corrected chi connectivity index (χ3v) is 2.97. The highest BCUT2D eigenvalue weighted by Crippen LogP contribution is 2.18. The number of nitrogens with two attached hydrogens (primary N) is 1. The van der Waals surface area contributed by atoms with Gasteiger partial charge in [0.25, 0.3) is 0 Å². The van der Waals surface area contributed by atoms with Crippen molar-refractivity contribution in [1.29, 1.82) is 0 Å². The van der Waals surface area contributed by atoms with Crippen LogP contribution in [-0.2, 0) is 9.59 Å². The average Bonchev–Trinajstić information content (AvgIpc) is 2.46. The molecule has 1 atom stereocenters. The van der Waals surface area contributed by atoms with Crippen molar-refractivity contribution >= 4 is 28.3 Å². The topological polar surface area (TPSA) is 84.2 Å². The molecule has 0 aliphatic carbocycles. The Labute approximate surface area is 117 Å². The number of nitrogens with one attached hydrogen (secondary N) is 2. The molecule has 5 heteroatoms. The Morgan fingerprint density at radius 1 is 1.15 bits per heavy atom. The molecule has 2 rings (SSSR count). The maximum absolute atomic E-state index is 11.9. The summed E-state index contributed by atoms with van der Waals surface area (Å²) >= 11 is 0. The van der Waals surface area contributed by atoms with Gasteiger partial charge in [-0.3, -0.25) is 9.59 Å². The van der Waals surface area contributed by atoms with E-state index in [1.807, 2.05) is 42.5 Å². The second-order valence-electron chi connectivity index (χ2n) is 4.54. The Balaban J connectivity index is 2.07. The molecule has 0 aliphatic rings. The molecule has 2 aromatic carbocycles. The maximum atomic E-state index is 11.9. The van der Waals surface area contributed by atoms with E-state index in [1.165, 1.54) is 0 Å². The van der Waals surface area contributed by atoms with Gasteiger partial charge < -0.3 is 16.4 Å². The summed E-state index contributed by atoms with van der Waals surface area (Å²) in [5.74, 6) is -0.631. The molecule has 0 aromatic heterocycles. The van der Waals surface area contributed by atoms with E-state index in [1.54, 1.807) is 6.92 Å². The smallest absolute Gasteiger partial charge is 0.246 e. The number of carbonyl (C=O) groups is 2. The largest absolute Gasteiger partial charge is 0.343 e. The Kier molecular flexibility index (Phi) is 4.32. The lowest BCUT2D eigenvalue weighted by Gasteiger charge is -2.13. The molecule has 5 nitrogen and oxygen atoms in total. The summed E-state index contributed by atoms with van der Waals surface area (Å²) in [5.41, 5.74) is 5.89. The molecule has 0 bridgehead atoms. The van der Waals surface area contributed by atoms with Gasteiger partial charge in [0.1, 0.15) is 6.04 Å². The molecule has 20 heavy (non-hydrogen) atoms. The fourth-order valence-corrected chi connectivity index (χ4v) is 1.88. The number of anilines is 1. The number of hydrogen-bond acceptors (Lipinski definition) is 3. The van der Waals surface area contributed by atoms with E-state index in [9.17, 15) is 9.59 Å². The Morgan fingerprint density at radius 3 is 2.55 bits per heavy atom. The highest BCUT2D eigenvalue weighted by atomic mass is 16.2. The molecule has 0 radical (unpaired) electrons. The first kappa shape index (κ1) is 14.0. The van der Waals surface area contributed by atoms with Crippen LogP contribution in [0.2, 0.25) is 0 Å². The standard InChI is InChI=1S/C15H17N3O2/c1-10(17-14(19)9-16)15(20)18-13-7-6-11-4-2-3-5-12(11)8-13/h2-8,10H,9,16H2,1H3,(H,17,19)(H,18,20)/t10-/m0/s1. The highest BCUT2D eigenvalue weighted by Gasteiger charge is 2.14. The van der Waals surface area contributed by atoms with Crippen LogP contribution in [0.25, 0.3) is 10.8 Å². The average molecular weight is 271 g/mol. The molecule has 0 aliphatic heterocycles. The van der Waals surface area contributed by atoms with Gasteiger partial charge in [0.05, 0.1) is 6.54 Å². The third-order valence-electron chi connectivity index (χ3n) is 2.97. The van der Waals surface area contributed by atoms with Crippen molar-refractivity contribution in [2.45, 2.75) is 13.0 Å². The monoisotopic (exact) mass is 271 g/mol. The predicted octanol–water partition coefficient (Wildman–Crippen LogP) is 1.24. The molecule has 0 spiro atoms. The fraction of sp³-hybridized carbons (Fsp3) is 0.200. The first-order valence-corrected chi connectivity index (χ1v) is 6.39. The molecule has 0 heterocycles. The number of rotatable bonds is 4. The summed E-state index contributed by atoms with van der Waals surface area (Å²) in [7, 11) is 0. The second kappa shape index (κ2) is 6.16. The molecule has 2 amide bonds. The SMILES string of the molecule is C[C@H](NC(=O)CN)C(=O)Nc1ccc2ccccc2c1. The summed E-state index contributed by atoms with van der Waals surface area (Å²) < 4.78 is 0. The molecule has 4 N–H and O–H groups in total. The summed E-state index contributed by atoms with van der Waals surface area (Å²) in [6, 6.07) is 12.9. The van der Waals surface area contributed by atoms with Crippen molar-refractivity contribution in [3.63, 3.8) is 0 Å². The molecule has 0 saturated heterocycles. The van der Waals surface area contributed by atoms with Gasteiger partial charge in [-0.15, -0.1) is 0 Å². The molecule has 2 aromatic rings. The lowest BCUT2D eigenvalue weighted by Crippen LogP contribution is -2.44. The van der Waals surface area contributed by atoms with E-state index >= 15 is 0 Å². The van der Waals surface area contributed by atoms with E-state index in [2.05, 4.69) is 10.6 Å². The van der Waals surface area contributed by atoms with E-state index in [0.717, 1.165) is 10.8 Å². The highest BCUT2D eigenvalue weighted by molar-refractivity contribution is 5.98. The Bertz CT molecular complexity index is 640. The minimum Gasteiger partial charge on any atom is -0.343 e. The molecule has 104 valence electrons. The van der Waals surface area contributed by atoms with Crippen LogP contribution >= 0.6 is 0 Å². The zero-order chi connectivity index (χ0) is 14.5. The van der Waals surface area contributed by atoms with Crippen LogP contribution in [-0.4, -0.2) is 24.4 Å². The zero-order valence-corrected chi connectivity index (χ0v) is 11.2. The maximum Gasteiger partial charge on any atom is 0.246 e. The van der Waals surface area contributed by atoms with Gasteiger partial charge >= 0.3 is 0 Å². The number of amides is 2. The van der Waals surface area contributed by atoms with Gasteiger partial charge in [0, 0.05) is 5.69 Å². The predicted molar refractivity (Wildman–Crippen MR) is 79.2 cm³/mol. The van der Waals surface area contributed by atoms with E-state index in [4.69, 9.17) is 5.73 Å². The van der Waals surface area contributed by atoms with Crippen LogP contribution in [0.4, 0.5) is 5.69 Å². The normalized spacial score (nSPS) is 11.9. The quantitative estimate of drug-likeness (QED) is 0.782. The van der Waals surface area contributed by atoms with Crippen LogP contribution in [0.1, 0.15) is 6.92 Å². The number of hydrogen-bond donors (Lipinski definition) is 3. The van der Waals surface area contributed by atoms with Crippen LogP contribution < -0.4 is 16.4 Å². The zero-order valence-electron chi connectivity index (χ0n) is 11.2. The molecule has 0 unspecified atom stereocenters. The van der Waals surface area contributed by atoms with Crippen LogP contribution in [0.3, 0.4) is 0 Å². The van der Waals surface area contributed by atoms with Crippen molar-refractivity contribution in [2.75, 3.05) is 11.9 Å². The number of benzene rings is 2. The molecule has 0 saturated carbocycles. The van der Waals surface area contributed by atoms with Gasteiger partial charge in [-0.1, -0.05) is 30.3 Å². The van der Waals surface area contributed by atoms with Crippen molar-refractivity contribution in [3.8, 4) is 0 Å². The Morgan fingerprint density at radius 2 is 1.85 bits per heavy atom. The molecular weight excluding hydrogens is 254 g/mol. The summed E-state index contributed by atoms with van der Waals surface area (Å²) in [4.78, 5) is 23.1. The van der Waals surface area contributed by atoms with E-state index < -0.39 is 6.04 Å².